The third-order valence-corrected chi connectivity index (χ3v) is 5.87. The summed E-state index contributed by atoms with van der Waals surface area (Å²) in [5.41, 5.74) is 2.34. The zero-order chi connectivity index (χ0) is 23.2. The molecule has 4 aromatic rings. The highest BCUT2D eigenvalue weighted by molar-refractivity contribution is 7.99. The minimum absolute atomic E-state index is 0.0638. The molecule has 0 radical (unpaired) electrons. The molecule has 1 N–H and O–H groups in total. The van der Waals surface area contributed by atoms with Gasteiger partial charge < -0.3 is 10.1 Å². The van der Waals surface area contributed by atoms with Crippen molar-refractivity contribution in [1.82, 2.24) is 14.8 Å². The molecule has 1 heterocycles. The Morgan fingerprint density at radius 1 is 1.12 bits per heavy atom. The molecule has 0 unspecified atom stereocenters. The van der Waals surface area contributed by atoms with E-state index in [1.165, 1.54) is 11.8 Å². The van der Waals surface area contributed by atoms with Gasteiger partial charge in [-0.15, -0.1) is 10.2 Å². The van der Waals surface area contributed by atoms with Gasteiger partial charge >= 0.3 is 0 Å². The lowest BCUT2D eigenvalue weighted by atomic mass is 10.2. The number of aromatic nitrogens is 3. The number of para-hydroxylation sites is 2. The van der Waals surface area contributed by atoms with Crippen molar-refractivity contribution in [3.8, 4) is 28.9 Å². The van der Waals surface area contributed by atoms with E-state index in [1.54, 1.807) is 25.3 Å². The van der Waals surface area contributed by atoms with Crippen LogP contribution < -0.4 is 10.1 Å². The molecule has 7 nitrogen and oxygen atoms in total. The zero-order valence-electron chi connectivity index (χ0n) is 17.5. The molecule has 9 heteroatoms. The highest BCUT2D eigenvalue weighted by Crippen LogP contribution is 2.33. The van der Waals surface area contributed by atoms with Gasteiger partial charge in [0.2, 0.25) is 5.91 Å². The van der Waals surface area contributed by atoms with E-state index in [-0.39, 0.29) is 11.7 Å². The number of nitrogens with one attached hydrogen (secondary N) is 1. The van der Waals surface area contributed by atoms with E-state index in [0.717, 1.165) is 11.3 Å². The number of nitriles is 1. The molecule has 33 heavy (non-hydrogen) atoms. The Morgan fingerprint density at radius 3 is 2.64 bits per heavy atom. The minimum atomic E-state index is -0.291. The number of ether oxygens (including phenoxy) is 1. The first-order chi connectivity index (χ1) is 16.1. The van der Waals surface area contributed by atoms with Crippen molar-refractivity contribution in [2.75, 3.05) is 18.2 Å². The van der Waals surface area contributed by atoms with Crippen molar-refractivity contribution in [2.45, 2.75) is 5.16 Å². The van der Waals surface area contributed by atoms with Crippen molar-refractivity contribution in [3.63, 3.8) is 0 Å². The molecule has 4 rings (SSSR count). The summed E-state index contributed by atoms with van der Waals surface area (Å²) in [6.07, 6.45) is 0. The van der Waals surface area contributed by atoms with Crippen LogP contribution in [0.15, 0.2) is 78.0 Å². The van der Waals surface area contributed by atoms with Gasteiger partial charge in [-0.25, -0.2) is 0 Å². The summed E-state index contributed by atoms with van der Waals surface area (Å²) in [5.74, 6) is 1.04. The van der Waals surface area contributed by atoms with Crippen LogP contribution in [0.5, 0.6) is 5.75 Å². The molecule has 0 bridgehead atoms. The maximum atomic E-state index is 12.6. The van der Waals surface area contributed by atoms with Crippen LogP contribution in [0.2, 0.25) is 5.02 Å². The van der Waals surface area contributed by atoms with E-state index < -0.39 is 0 Å². The summed E-state index contributed by atoms with van der Waals surface area (Å²) < 4.78 is 7.39. The average molecular weight is 476 g/mol. The predicted molar refractivity (Wildman–Crippen MR) is 129 cm³/mol. The van der Waals surface area contributed by atoms with Crippen LogP contribution in [-0.4, -0.2) is 33.5 Å². The van der Waals surface area contributed by atoms with Gasteiger partial charge in [0.05, 0.1) is 29.7 Å². The average Bonchev–Trinajstić information content (AvgIpc) is 3.27. The number of rotatable bonds is 7. The summed E-state index contributed by atoms with van der Waals surface area (Å²) in [4.78, 5) is 12.6. The maximum Gasteiger partial charge on any atom is 0.234 e. The number of amides is 1. The molecule has 0 aliphatic rings. The molecule has 0 aliphatic carbocycles. The van der Waals surface area contributed by atoms with Gasteiger partial charge in [-0.1, -0.05) is 53.7 Å². The minimum Gasteiger partial charge on any atom is -0.496 e. The van der Waals surface area contributed by atoms with Crippen LogP contribution in [0.4, 0.5) is 5.69 Å². The van der Waals surface area contributed by atoms with Gasteiger partial charge in [-0.2, -0.15) is 5.26 Å². The lowest BCUT2D eigenvalue weighted by Gasteiger charge is -2.12. The molecule has 0 saturated heterocycles. The Balaban J connectivity index is 1.62. The maximum absolute atomic E-state index is 12.6. The highest BCUT2D eigenvalue weighted by atomic mass is 35.5. The molecule has 1 aromatic heterocycles. The second-order valence-electron chi connectivity index (χ2n) is 6.82. The van der Waals surface area contributed by atoms with Gasteiger partial charge in [0.25, 0.3) is 0 Å². The number of nitrogens with zero attached hydrogens (tertiary/aromatic N) is 4. The summed E-state index contributed by atoms with van der Waals surface area (Å²) in [7, 11) is 1.60. The number of thioether (sulfide) groups is 1. The summed E-state index contributed by atoms with van der Waals surface area (Å²) in [5, 5.41) is 21.7. The lowest BCUT2D eigenvalue weighted by molar-refractivity contribution is -0.113. The predicted octanol–water partition coefficient (Wildman–Crippen LogP) is 5.20. The second kappa shape index (κ2) is 10.2. The molecule has 0 aliphatic heterocycles. The Morgan fingerprint density at radius 2 is 1.88 bits per heavy atom. The number of carbonyl (C=O) groups is 1. The first-order valence-electron chi connectivity index (χ1n) is 9.87. The van der Waals surface area contributed by atoms with Crippen molar-refractivity contribution < 1.29 is 9.53 Å². The third-order valence-electron chi connectivity index (χ3n) is 4.70. The summed E-state index contributed by atoms with van der Waals surface area (Å²) in [6, 6.07) is 24.0. The largest absolute Gasteiger partial charge is 0.496 e. The second-order valence-corrected chi connectivity index (χ2v) is 8.19. The highest BCUT2D eigenvalue weighted by Gasteiger charge is 2.20. The summed E-state index contributed by atoms with van der Waals surface area (Å²) in [6.45, 7) is 0. The van der Waals surface area contributed by atoms with E-state index in [9.17, 15) is 10.1 Å². The summed E-state index contributed by atoms with van der Waals surface area (Å²) >= 11 is 7.24. The SMILES string of the molecule is COc1ccccc1-c1nnc(SCC(=O)Nc2cc(Cl)ccc2C#N)n1-c1ccccc1. The smallest absolute Gasteiger partial charge is 0.234 e. The molecule has 0 fully saturated rings. The fraction of sp³-hybridized carbons (Fsp3) is 0.0833. The Bertz CT molecular complexity index is 1330. The van der Waals surface area contributed by atoms with Gasteiger partial charge in [0, 0.05) is 10.7 Å². The molecule has 1 amide bonds. The van der Waals surface area contributed by atoms with E-state index in [1.807, 2.05) is 65.2 Å². The number of halogens is 1. The van der Waals surface area contributed by atoms with Crippen LogP contribution in [0.1, 0.15) is 5.56 Å². The topological polar surface area (TPSA) is 92.8 Å². The molecule has 0 spiro atoms. The van der Waals surface area contributed by atoms with Crippen molar-refractivity contribution in [2.24, 2.45) is 0 Å². The molecule has 3 aromatic carbocycles. The van der Waals surface area contributed by atoms with E-state index >= 15 is 0 Å². The van der Waals surface area contributed by atoms with Gasteiger partial charge in [0.15, 0.2) is 11.0 Å². The van der Waals surface area contributed by atoms with Crippen LogP contribution >= 0.6 is 23.4 Å². The number of anilines is 1. The number of benzene rings is 3. The van der Waals surface area contributed by atoms with Crippen LogP contribution in [0.3, 0.4) is 0 Å². The van der Waals surface area contributed by atoms with Gasteiger partial charge in [-0.05, 0) is 42.5 Å². The van der Waals surface area contributed by atoms with E-state index in [4.69, 9.17) is 16.3 Å². The number of methoxy groups -OCH3 is 1. The third kappa shape index (κ3) is 5.00. The number of hydrogen-bond acceptors (Lipinski definition) is 6. The molecule has 164 valence electrons. The van der Waals surface area contributed by atoms with E-state index in [0.29, 0.717) is 33.0 Å². The fourth-order valence-electron chi connectivity index (χ4n) is 3.21. The normalized spacial score (nSPS) is 10.5. The Kier molecular flexibility index (Phi) is 6.93. The Labute approximate surface area is 200 Å². The Hall–Kier alpha value is -3.80. The fourth-order valence-corrected chi connectivity index (χ4v) is 4.13. The molecular weight excluding hydrogens is 458 g/mol. The quantitative estimate of drug-likeness (QED) is 0.369. The van der Waals surface area contributed by atoms with Crippen LogP contribution in [0.25, 0.3) is 17.1 Å². The monoisotopic (exact) mass is 475 g/mol. The zero-order valence-corrected chi connectivity index (χ0v) is 19.1. The first kappa shape index (κ1) is 22.4. The van der Waals surface area contributed by atoms with Crippen molar-refractivity contribution in [1.29, 1.82) is 5.26 Å². The van der Waals surface area contributed by atoms with E-state index in [2.05, 4.69) is 15.5 Å². The van der Waals surface area contributed by atoms with Crippen molar-refractivity contribution >= 4 is 35.0 Å². The number of hydrogen-bond donors (Lipinski definition) is 1. The van der Waals surface area contributed by atoms with Gasteiger partial charge in [-0.3, -0.25) is 9.36 Å². The molecule has 0 atom stereocenters. The van der Waals surface area contributed by atoms with Crippen LogP contribution in [0, 0.1) is 11.3 Å². The molecular formula is C24H18ClN5O2S. The number of carbonyl (C=O) groups excluding carboxylic acids is 1. The standard InChI is InChI=1S/C24H18ClN5O2S/c1-32-21-10-6-5-9-19(21)23-28-29-24(30(23)18-7-3-2-4-8-18)33-15-22(31)27-20-13-17(25)12-11-16(20)14-26/h2-13H,15H2,1H3,(H,27,31). The van der Waals surface area contributed by atoms with Gasteiger partial charge in [0.1, 0.15) is 11.8 Å². The van der Waals surface area contributed by atoms with Crippen LogP contribution in [-0.2, 0) is 4.79 Å². The first-order valence-corrected chi connectivity index (χ1v) is 11.2. The lowest BCUT2D eigenvalue weighted by Crippen LogP contribution is -2.15. The molecule has 0 saturated carbocycles. The van der Waals surface area contributed by atoms with Crippen molar-refractivity contribution in [3.05, 3.63) is 83.4 Å².